The van der Waals surface area contributed by atoms with Gasteiger partial charge in [-0.3, -0.25) is 9.59 Å². The van der Waals surface area contributed by atoms with Crippen LogP contribution in [0.2, 0.25) is 0 Å². The van der Waals surface area contributed by atoms with Crippen LogP contribution in [0.15, 0.2) is 48.6 Å². The van der Waals surface area contributed by atoms with Crippen LogP contribution in [-0.2, 0) is 19.1 Å². The van der Waals surface area contributed by atoms with Crippen molar-refractivity contribution < 1.29 is 24.2 Å². The monoisotopic (exact) mass is 1120 g/mol. The summed E-state index contributed by atoms with van der Waals surface area (Å²) in [4.78, 5) is 24.7. The van der Waals surface area contributed by atoms with E-state index in [1.807, 2.05) is 0 Å². The summed E-state index contributed by atoms with van der Waals surface area (Å²) in [5.41, 5.74) is 0. The molecule has 0 radical (unpaired) electrons. The zero-order valence-corrected chi connectivity index (χ0v) is 54.1. The van der Waals surface area contributed by atoms with Crippen LogP contribution >= 0.6 is 0 Å². The molecule has 470 valence electrons. The van der Waals surface area contributed by atoms with Crippen molar-refractivity contribution in [2.24, 2.45) is 0 Å². The molecule has 1 N–H and O–H groups in total. The molecule has 0 aromatic heterocycles. The van der Waals surface area contributed by atoms with Gasteiger partial charge in [0.15, 0.2) is 6.10 Å². The molecule has 0 heterocycles. The SMILES string of the molecule is CC/C=C\C/C=C\C/C=C\C/C=C\CCCCCCCCCCCCCCCCCCCCCCC(=O)OC(CO)COC(=O)CCCCCCCCCCCCCCCCCCCCCCCCCCCCCCCCCCC. The first-order valence-electron chi connectivity index (χ1n) is 36.2. The minimum atomic E-state index is -0.770. The lowest BCUT2D eigenvalue weighted by molar-refractivity contribution is -0.161. The largest absolute Gasteiger partial charge is 0.462 e. The Labute approximate surface area is 500 Å². The number of esters is 2. The predicted molar refractivity (Wildman–Crippen MR) is 353 cm³/mol. The molecule has 0 aromatic rings. The van der Waals surface area contributed by atoms with Crippen LogP contribution in [0.4, 0.5) is 0 Å². The summed E-state index contributed by atoms with van der Waals surface area (Å²) in [5.74, 6) is -0.565. The van der Waals surface area contributed by atoms with Gasteiger partial charge in [0.2, 0.25) is 0 Å². The van der Waals surface area contributed by atoms with E-state index < -0.39 is 6.10 Å². The van der Waals surface area contributed by atoms with E-state index in [1.165, 1.54) is 315 Å². The maximum atomic E-state index is 12.4. The molecule has 0 aliphatic carbocycles. The average Bonchev–Trinajstić information content (AvgIpc) is 3.46. The van der Waals surface area contributed by atoms with Gasteiger partial charge in [-0.25, -0.2) is 0 Å². The Morgan fingerprint density at radius 1 is 0.300 bits per heavy atom. The lowest BCUT2D eigenvalue weighted by Gasteiger charge is -2.15. The molecular weight excluding hydrogens is 981 g/mol. The molecule has 0 spiro atoms. The van der Waals surface area contributed by atoms with Crippen LogP contribution in [0, 0.1) is 0 Å². The molecule has 0 fully saturated rings. The molecule has 5 heteroatoms. The number of carbonyl (C=O) groups is 2. The number of hydrogen-bond donors (Lipinski definition) is 1. The van der Waals surface area contributed by atoms with Gasteiger partial charge in [-0.1, -0.05) is 383 Å². The summed E-state index contributed by atoms with van der Waals surface area (Å²) in [6, 6.07) is 0. The highest BCUT2D eigenvalue weighted by Crippen LogP contribution is 2.19. The Morgan fingerprint density at radius 3 is 0.812 bits per heavy atom. The standard InChI is InChI=1S/C75H140O5/c1-3-5-7-9-11-13-15-17-19-21-23-25-27-29-31-33-35-37-39-41-43-45-47-49-51-53-55-57-59-61-63-65-67-69-74(77)79-72-73(71-76)80-75(78)70-68-66-64-62-60-58-56-54-52-50-48-46-44-42-40-38-36-34-32-30-28-26-24-22-20-18-16-14-12-10-8-6-4-2/h6,8,12,14,18,20,24,26,73,76H,3-5,7,9-11,13,15-17,19,21-23,25,27-72H2,1-2H3/b8-6-,14-12-,20-18-,26-24-. The number of hydrogen-bond acceptors (Lipinski definition) is 5. The van der Waals surface area contributed by atoms with Gasteiger partial charge >= 0.3 is 11.9 Å². The summed E-state index contributed by atoms with van der Waals surface area (Å²) in [7, 11) is 0. The number of ether oxygens (including phenoxy) is 2. The van der Waals surface area contributed by atoms with E-state index in [-0.39, 0.29) is 25.2 Å². The highest BCUT2D eigenvalue weighted by Gasteiger charge is 2.16. The van der Waals surface area contributed by atoms with Crippen molar-refractivity contribution >= 4 is 11.9 Å². The van der Waals surface area contributed by atoms with E-state index in [0.29, 0.717) is 12.8 Å². The van der Waals surface area contributed by atoms with Gasteiger partial charge in [-0.15, -0.1) is 0 Å². The van der Waals surface area contributed by atoms with Crippen molar-refractivity contribution in [3.05, 3.63) is 48.6 Å². The quantitative estimate of drug-likeness (QED) is 0.0373. The van der Waals surface area contributed by atoms with Crippen molar-refractivity contribution in [2.75, 3.05) is 13.2 Å². The van der Waals surface area contributed by atoms with Crippen molar-refractivity contribution in [1.29, 1.82) is 0 Å². The number of rotatable bonds is 68. The minimum absolute atomic E-state index is 0.0592. The molecule has 1 unspecified atom stereocenters. The molecule has 0 aromatic carbocycles. The first-order chi connectivity index (χ1) is 39.6. The first-order valence-corrected chi connectivity index (χ1v) is 36.2. The Morgan fingerprint density at radius 2 is 0.537 bits per heavy atom. The van der Waals surface area contributed by atoms with Gasteiger partial charge < -0.3 is 14.6 Å². The molecule has 5 nitrogen and oxygen atoms in total. The van der Waals surface area contributed by atoms with Crippen molar-refractivity contribution in [3.8, 4) is 0 Å². The second-order valence-electron chi connectivity index (χ2n) is 24.7. The van der Waals surface area contributed by atoms with Crippen molar-refractivity contribution in [3.63, 3.8) is 0 Å². The van der Waals surface area contributed by atoms with Crippen LogP contribution in [0.1, 0.15) is 399 Å². The lowest BCUT2D eigenvalue weighted by Crippen LogP contribution is -2.28. The first kappa shape index (κ1) is 77.9. The molecule has 0 rings (SSSR count). The van der Waals surface area contributed by atoms with Crippen molar-refractivity contribution in [1.82, 2.24) is 0 Å². The number of unbranched alkanes of at least 4 members (excludes halogenated alkanes) is 52. The fourth-order valence-corrected chi connectivity index (χ4v) is 11.3. The van der Waals surface area contributed by atoms with Crippen LogP contribution in [0.25, 0.3) is 0 Å². The molecule has 0 saturated carbocycles. The number of allylic oxidation sites excluding steroid dienone is 8. The van der Waals surface area contributed by atoms with E-state index in [0.717, 1.165) is 57.8 Å². The Bertz CT molecular complexity index is 1320. The normalized spacial score (nSPS) is 12.4. The highest BCUT2D eigenvalue weighted by molar-refractivity contribution is 5.70. The second kappa shape index (κ2) is 71.1. The van der Waals surface area contributed by atoms with E-state index in [1.54, 1.807) is 0 Å². The molecule has 0 aliphatic rings. The van der Waals surface area contributed by atoms with Gasteiger partial charge in [-0.05, 0) is 51.4 Å². The summed E-state index contributed by atoms with van der Waals surface area (Å²) in [5, 5.41) is 9.71. The minimum Gasteiger partial charge on any atom is -0.462 e. The Hall–Kier alpha value is -2.14. The summed E-state index contributed by atoms with van der Waals surface area (Å²) in [6.07, 6.45) is 96.0. The molecule has 0 aliphatic heterocycles. The number of aliphatic hydroxyl groups excluding tert-OH is 1. The molecule has 0 saturated heterocycles. The maximum Gasteiger partial charge on any atom is 0.306 e. The molecule has 80 heavy (non-hydrogen) atoms. The Kier molecular flexibility index (Phi) is 69.2. The topological polar surface area (TPSA) is 72.8 Å². The zero-order valence-electron chi connectivity index (χ0n) is 54.1. The molecule has 0 amide bonds. The van der Waals surface area contributed by atoms with E-state index >= 15 is 0 Å². The van der Waals surface area contributed by atoms with E-state index in [9.17, 15) is 14.7 Å². The number of aliphatic hydroxyl groups is 1. The maximum absolute atomic E-state index is 12.4. The third kappa shape index (κ3) is 68.4. The Balaban J connectivity index is 3.38. The van der Waals surface area contributed by atoms with Gasteiger partial charge in [0.05, 0.1) is 6.61 Å². The van der Waals surface area contributed by atoms with Crippen LogP contribution in [0.3, 0.4) is 0 Å². The van der Waals surface area contributed by atoms with Crippen LogP contribution < -0.4 is 0 Å². The van der Waals surface area contributed by atoms with Crippen LogP contribution in [0.5, 0.6) is 0 Å². The smallest absolute Gasteiger partial charge is 0.306 e. The summed E-state index contributed by atoms with van der Waals surface area (Å²) < 4.78 is 10.8. The van der Waals surface area contributed by atoms with Crippen LogP contribution in [-0.4, -0.2) is 36.4 Å². The fourth-order valence-electron chi connectivity index (χ4n) is 11.3. The summed E-state index contributed by atoms with van der Waals surface area (Å²) >= 11 is 0. The molecule has 0 bridgehead atoms. The second-order valence-corrected chi connectivity index (χ2v) is 24.7. The summed E-state index contributed by atoms with van der Waals surface area (Å²) in [6.45, 7) is 4.10. The van der Waals surface area contributed by atoms with Crippen molar-refractivity contribution in [2.45, 2.75) is 405 Å². The third-order valence-electron chi connectivity index (χ3n) is 16.6. The van der Waals surface area contributed by atoms with Gasteiger partial charge in [-0.2, -0.15) is 0 Å². The van der Waals surface area contributed by atoms with Gasteiger partial charge in [0, 0.05) is 12.8 Å². The van der Waals surface area contributed by atoms with E-state index in [2.05, 4.69) is 62.5 Å². The lowest BCUT2D eigenvalue weighted by atomic mass is 10.0. The molecular formula is C75H140O5. The highest BCUT2D eigenvalue weighted by atomic mass is 16.6. The van der Waals surface area contributed by atoms with Gasteiger partial charge in [0.1, 0.15) is 6.61 Å². The fraction of sp³-hybridized carbons (Fsp3) is 0.867. The third-order valence-corrected chi connectivity index (χ3v) is 16.6. The molecule has 1 atom stereocenters. The zero-order chi connectivity index (χ0) is 57.6. The van der Waals surface area contributed by atoms with E-state index in [4.69, 9.17) is 9.47 Å². The predicted octanol–water partition coefficient (Wildman–Crippen LogP) is 25.1. The van der Waals surface area contributed by atoms with Gasteiger partial charge in [0.25, 0.3) is 0 Å². The average molecular weight is 1120 g/mol. The number of carbonyl (C=O) groups excluding carboxylic acids is 2.